The van der Waals surface area contributed by atoms with Gasteiger partial charge in [0.15, 0.2) is 0 Å². The molecule has 1 atom stereocenters. The van der Waals surface area contributed by atoms with Crippen LogP contribution < -0.4 is 11.1 Å². The molecule has 1 saturated carbocycles. The molecule has 1 aliphatic carbocycles. The highest BCUT2D eigenvalue weighted by molar-refractivity contribution is 5.79. The standard InChI is InChI=1S/C15H31N3O/c1-4-18(5-2)11-12(3)17-15(19)14-8-6-13(10-16)7-9-14/h12-14H,4-11,16H2,1-3H3,(H,17,19). The quantitative estimate of drug-likeness (QED) is 0.738. The van der Waals surface area contributed by atoms with Crippen LogP contribution in [0.1, 0.15) is 46.5 Å². The third-order valence-electron chi connectivity index (χ3n) is 4.37. The Morgan fingerprint density at radius 1 is 1.26 bits per heavy atom. The van der Waals surface area contributed by atoms with E-state index in [0.29, 0.717) is 5.92 Å². The van der Waals surface area contributed by atoms with E-state index in [1.54, 1.807) is 0 Å². The topological polar surface area (TPSA) is 58.4 Å². The van der Waals surface area contributed by atoms with E-state index in [9.17, 15) is 4.79 Å². The predicted octanol–water partition coefficient (Wildman–Crippen LogP) is 1.60. The molecule has 1 amide bonds. The molecule has 1 fully saturated rings. The van der Waals surface area contributed by atoms with Gasteiger partial charge >= 0.3 is 0 Å². The van der Waals surface area contributed by atoms with Gasteiger partial charge in [0, 0.05) is 18.5 Å². The summed E-state index contributed by atoms with van der Waals surface area (Å²) >= 11 is 0. The zero-order chi connectivity index (χ0) is 14.3. The highest BCUT2D eigenvalue weighted by atomic mass is 16.1. The maximum atomic E-state index is 12.2. The summed E-state index contributed by atoms with van der Waals surface area (Å²) in [6.07, 6.45) is 4.23. The highest BCUT2D eigenvalue weighted by Gasteiger charge is 2.26. The molecular weight excluding hydrogens is 238 g/mol. The third-order valence-corrected chi connectivity index (χ3v) is 4.37. The van der Waals surface area contributed by atoms with Crippen molar-refractivity contribution in [1.29, 1.82) is 0 Å². The number of rotatable bonds is 7. The van der Waals surface area contributed by atoms with Crippen molar-refractivity contribution < 1.29 is 4.79 Å². The van der Waals surface area contributed by atoms with E-state index in [0.717, 1.165) is 51.9 Å². The molecule has 19 heavy (non-hydrogen) atoms. The van der Waals surface area contributed by atoms with Gasteiger partial charge in [-0.1, -0.05) is 13.8 Å². The molecule has 0 heterocycles. The second kappa shape index (κ2) is 8.54. The average molecular weight is 269 g/mol. The van der Waals surface area contributed by atoms with Crippen molar-refractivity contribution >= 4 is 5.91 Å². The first-order valence-electron chi connectivity index (χ1n) is 7.83. The normalized spacial score (nSPS) is 25.3. The van der Waals surface area contributed by atoms with Crippen molar-refractivity contribution in [2.24, 2.45) is 17.6 Å². The van der Waals surface area contributed by atoms with E-state index < -0.39 is 0 Å². The van der Waals surface area contributed by atoms with Gasteiger partial charge in [0.2, 0.25) is 5.91 Å². The fourth-order valence-electron chi connectivity index (χ4n) is 2.94. The zero-order valence-corrected chi connectivity index (χ0v) is 12.8. The van der Waals surface area contributed by atoms with Crippen LogP contribution in [0.5, 0.6) is 0 Å². The van der Waals surface area contributed by atoms with Crippen LogP contribution in [-0.4, -0.2) is 43.0 Å². The average Bonchev–Trinajstić information content (AvgIpc) is 2.44. The van der Waals surface area contributed by atoms with Gasteiger partial charge in [-0.3, -0.25) is 4.79 Å². The summed E-state index contributed by atoms with van der Waals surface area (Å²) < 4.78 is 0. The molecule has 0 aromatic carbocycles. The number of nitrogens with two attached hydrogens (primary N) is 1. The molecule has 0 saturated heterocycles. The number of nitrogens with zero attached hydrogens (tertiary/aromatic N) is 1. The summed E-state index contributed by atoms with van der Waals surface area (Å²) in [6, 6.07) is 0.236. The Labute approximate surface area is 118 Å². The van der Waals surface area contributed by atoms with Gasteiger partial charge in [-0.05, 0) is 58.2 Å². The third kappa shape index (κ3) is 5.49. The van der Waals surface area contributed by atoms with Gasteiger partial charge in [0.05, 0.1) is 0 Å². The van der Waals surface area contributed by atoms with E-state index in [-0.39, 0.29) is 17.9 Å². The van der Waals surface area contributed by atoms with E-state index >= 15 is 0 Å². The summed E-state index contributed by atoms with van der Waals surface area (Å²) in [5, 5.41) is 3.17. The zero-order valence-electron chi connectivity index (χ0n) is 12.8. The minimum Gasteiger partial charge on any atom is -0.352 e. The number of hydrogen-bond acceptors (Lipinski definition) is 3. The van der Waals surface area contributed by atoms with Crippen LogP contribution in [0.2, 0.25) is 0 Å². The Balaban J connectivity index is 2.30. The lowest BCUT2D eigenvalue weighted by atomic mass is 9.81. The molecule has 3 N–H and O–H groups in total. The predicted molar refractivity (Wildman–Crippen MR) is 79.9 cm³/mol. The first kappa shape index (κ1) is 16.4. The summed E-state index contributed by atoms with van der Waals surface area (Å²) in [5.74, 6) is 1.09. The van der Waals surface area contributed by atoms with Gasteiger partial charge in [-0.2, -0.15) is 0 Å². The first-order chi connectivity index (χ1) is 9.10. The maximum absolute atomic E-state index is 12.2. The van der Waals surface area contributed by atoms with Crippen molar-refractivity contribution in [2.45, 2.75) is 52.5 Å². The molecule has 0 bridgehead atoms. The van der Waals surface area contributed by atoms with Crippen molar-refractivity contribution in [3.05, 3.63) is 0 Å². The Hall–Kier alpha value is -0.610. The van der Waals surface area contributed by atoms with Crippen LogP contribution in [0.3, 0.4) is 0 Å². The SMILES string of the molecule is CCN(CC)CC(C)NC(=O)C1CCC(CN)CC1. The summed E-state index contributed by atoms with van der Waals surface area (Å²) in [4.78, 5) is 14.5. The number of carbonyl (C=O) groups excluding carboxylic acids is 1. The molecule has 0 radical (unpaired) electrons. The Kier molecular flexibility index (Phi) is 7.39. The van der Waals surface area contributed by atoms with Crippen LogP contribution in [0.15, 0.2) is 0 Å². The summed E-state index contributed by atoms with van der Waals surface area (Å²) in [7, 11) is 0. The Morgan fingerprint density at radius 2 is 1.84 bits per heavy atom. The molecule has 4 nitrogen and oxygen atoms in total. The van der Waals surface area contributed by atoms with Crippen LogP contribution in [0.25, 0.3) is 0 Å². The van der Waals surface area contributed by atoms with Crippen molar-refractivity contribution in [1.82, 2.24) is 10.2 Å². The van der Waals surface area contributed by atoms with Crippen molar-refractivity contribution in [3.8, 4) is 0 Å². The fourth-order valence-corrected chi connectivity index (χ4v) is 2.94. The molecule has 0 aliphatic heterocycles. The van der Waals surface area contributed by atoms with Crippen LogP contribution in [0.4, 0.5) is 0 Å². The minimum atomic E-state index is 0.210. The van der Waals surface area contributed by atoms with E-state index in [1.807, 2.05) is 0 Å². The van der Waals surface area contributed by atoms with Gasteiger partial charge in [-0.25, -0.2) is 0 Å². The Bertz CT molecular complexity index is 258. The largest absolute Gasteiger partial charge is 0.352 e. The second-order valence-electron chi connectivity index (χ2n) is 5.85. The van der Waals surface area contributed by atoms with Gasteiger partial charge in [-0.15, -0.1) is 0 Å². The van der Waals surface area contributed by atoms with Gasteiger partial charge < -0.3 is 16.0 Å². The van der Waals surface area contributed by atoms with Crippen LogP contribution >= 0.6 is 0 Å². The van der Waals surface area contributed by atoms with E-state index in [2.05, 4.69) is 31.0 Å². The van der Waals surface area contributed by atoms with E-state index in [4.69, 9.17) is 5.73 Å². The molecule has 112 valence electrons. The lowest BCUT2D eigenvalue weighted by molar-refractivity contribution is -0.126. The lowest BCUT2D eigenvalue weighted by Gasteiger charge is -2.29. The number of amides is 1. The lowest BCUT2D eigenvalue weighted by Crippen LogP contribution is -2.44. The van der Waals surface area contributed by atoms with Crippen molar-refractivity contribution in [2.75, 3.05) is 26.2 Å². The van der Waals surface area contributed by atoms with Gasteiger partial charge in [0.1, 0.15) is 0 Å². The summed E-state index contributed by atoms with van der Waals surface area (Å²) in [6.45, 7) is 10.2. The van der Waals surface area contributed by atoms with Crippen molar-refractivity contribution in [3.63, 3.8) is 0 Å². The molecular formula is C15H31N3O. The number of nitrogens with one attached hydrogen (secondary N) is 1. The molecule has 1 aliphatic rings. The highest BCUT2D eigenvalue weighted by Crippen LogP contribution is 2.28. The number of carbonyl (C=O) groups is 1. The Morgan fingerprint density at radius 3 is 2.32 bits per heavy atom. The molecule has 1 rings (SSSR count). The summed E-state index contributed by atoms with van der Waals surface area (Å²) in [5.41, 5.74) is 5.68. The molecule has 0 spiro atoms. The molecule has 1 unspecified atom stereocenters. The van der Waals surface area contributed by atoms with Gasteiger partial charge in [0.25, 0.3) is 0 Å². The molecule has 0 aromatic heterocycles. The monoisotopic (exact) mass is 269 g/mol. The minimum absolute atomic E-state index is 0.210. The smallest absolute Gasteiger partial charge is 0.223 e. The first-order valence-corrected chi connectivity index (χ1v) is 7.83. The number of likely N-dealkylation sites (N-methyl/N-ethyl adjacent to an activating group) is 1. The second-order valence-corrected chi connectivity index (χ2v) is 5.85. The maximum Gasteiger partial charge on any atom is 0.223 e. The molecule has 0 aromatic rings. The molecule has 4 heteroatoms. The van der Waals surface area contributed by atoms with Crippen LogP contribution in [-0.2, 0) is 4.79 Å². The van der Waals surface area contributed by atoms with Crippen LogP contribution in [0, 0.1) is 11.8 Å². The number of hydrogen-bond donors (Lipinski definition) is 2. The fraction of sp³-hybridized carbons (Fsp3) is 0.933. The van der Waals surface area contributed by atoms with E-state index in [1.165, 1.54) is 0 Å².